The molecule has 0 spiro atoms. The fraction of sp³-hybridized carbons (Fsp3) is 0.211. The van der Waals surface area contributed by atoms with Gasteiger partial charge in [0, 0.05) is 22.9 Å². The Kier molecular flexibility index (Phi) is 7.21. The van der Waals surface area contributed by atoms with Gasteiger partial charge in [0.15, 0.2) is 9.75 Å². The number of nitrogens with zero attached hydrogens (tertiary/aromatic N) is 2. The summed E-state index contributed by atoms with van der Waals surface area (Å²) < 4.78 is 13.9. The van der Waals surface area contributed by atoms with E-state index in [2.05, 4.69) is 5.32 Å². The largest absolute Gasteiger partial charge is 0.508 e. The maximum atomic E-state index is 14.4. The van der Waals surface area contributed by atoms with Crippen molar-refractivity contribution in [2.45, 2.75) is 28.5 Å². The van der Waals surface area contributed by atoms with Gasteiger partial charge in [0.05, 0.1) is 23.2 Å². The van der Waals surface area contributed by atoms with Gasteiger partial charge in [-0.3, -0.25) is 24.1 Å². The van der Waals surface area contributed by atoms with E-state index < -0.39 is 57.0 Å². The molecule has 0 radical (unpaired) electrons. The average Bonchev–Trinajstić information content (AvgIpc) is 3.44. The van der Waals surface area contributed by atoms with Gasteiger partial charge in [-0.25, -0.2) is 9.29 Å². The van der Waals surface area contributed by atoms with Gasteiger partial charge in [-0.2, -0.15) is 0 Å². The molecule has 246 valence electrons. The zero-order valence-electron chi connectivity index (χ0n) is 25.7. The summed E-state index contributed by atoms with van der Waals surface area (Å²) in [6.07, 6.45) is 1.77. The van der Waals surface area contributed by atoms with Crippen LogP contribution in [0, 0.1) is 23.6 Å². The van der Waals surface area contributed by atoms with Gasteiger partial charge in [-0.05, 0) is 85.5 Å². The average molecular weight is 697 g/mol. The summed E-state index contributed by atoms with van der Waals surface area (Å²) in [6.45, 7) is 0. The fourth-order valence-electron chi connectivity index (χ4n) is 8.11. The highest BCUT2D eigenvalue weighted by molar-refractivity contribution is 6.58. The highest BCUT2D eigenvalue weighted by Gasteiger charge is 2.76. The Labute approximate surface area is 290 Å². The first kappa shape index (κ1) is 31.3. The van der Waals surface area contributed by atoms with Crippen molar-refractivity contribution in [3.8, 4) is 5.75 Å². The Balaban J connectivity index is 1.20. The normalized spacial score (nSPS) is 29.0. The monoisotopic (exact) mass is 695 g/mol. The van der Waals surface area contributed by atoms with Gasteiger partial charge in [0.1, 0.15) is 11.6 Å². The molecule has 11 heteroatoms. The van der Waals surface area contributed by atoms with Crippen LogP contribution >= 0.6 is 23.2 Å². The minimum absolute atomic E-state index is 0.0835. The molecule has 8 nitrogen and oxygen atoms in total. The second kappa shape index (κ2) is 11.3. The van der Waals surface area contributed by atoms with Crippen molar-refractivity contribution in [2.24, 2.45) is 17.8 Å². The van der Waals surface area contributed by atoms with Crippen LogP contribution in [-0.4, -0.2) is 38.5 Å². The molecule has 8 rings (SSSR count). The maximum Gasteiger partial charge on any atom is 0.258 e. The van der Waals surface area contributed by atoms with E-state index in [-0.39, 0.29) is 35.7 Å². The summed E-state index contributed by atoms with van der Waals surface area (Å²) in [5, 5.41) is 14.4. The number of phenols is 1. The summed E-state index contributed by atoms with van der Waals surface area (Å²) in [5.74, 6) is -6.73. The molecule has 6 unspecified atom stereocenters. The van der Waals surface area contributed by atoms with Crippen LogP contribution in [0.5, 0.6) is 5.75 Å². The number of carbonyl (C=O) groups is 4. The summed E-state index contributed by atoms with van der Waals surface area (Å²) in [5.41, 5.74) is 2.95. The summed E-state index contributed by atoms with van der Waals surface area (Å²) in [4.78, 5) is 54.9. The van der Waals surface area contributed by atoms with E-state index >= 15 is 0 Å². The van der Waals surface area contributed by atoms with Gasteiger partial charge in [0.25, 0.3) is 11.8 Å². The third kappa shape index (κ3) is 4.48. The first-order valence-corrected chi connectivity index (χ1v) is 16.6. The fourth-order valence-corrected chi connectivity index (χ4v) is 9.04. The molecular weight excluding hydrogens is 668 g/mol. The first-order chi connectivity index (χ1) is 23.5. The number of aromatic hydroxyl groups is 1. The number of rotatable bonds is 5. The standard InChI is InChI=1S/C38H28Cl2FN3O5/c39-37-20-29-26(18-19-28-31(29)34(47)43(33(28)46)24-16-12-23(13-17-24)42-22-6-2-1-3-7-22)32(27-8-4-5-9-30(27)45)38(37,40)36(49)44(35(37)48)25-14-10-21(41)11-15-25/h1-18,28-29,31-32,42,45H,19-20H2. The van der Waals surface area contributed by atoms with Gasteiger partial charge < -0.3 is 10.4 Å². The van der Waals surface area contributed by atoms with Crippen LogP contribution in [0.15, 0.2) is 115 Å². The number of para-hydroxylation sites is 2. The number of amides is 4. The Bertz CT molecular complexity index is 2080. The van der Waals surface area contributed by atoms with Crippen molar-refractivity contribution in [3.05, 3.63) is 126 Å². The SMILES string of the molecule is O=C1C2CC=C3C(CC4(Cl)C(=O)N(c5ccc(F)cc5)C(=O)C4(Cl)C3c3ccccc3O)C2C(=O)N1c1ccc(Nc2ccccc2)cc1. The zero-order chi connectivity index (χ0) is 34.2. The minimum atomic E-state index is -2.12. The highest BCUT2D eigenvalue weighted by Crippen LogP contribution is 2.66. The van der Waals surface area contributed by atoms with E-state index in [9.17, 15) is 28.7 Å². The number of carbonyl (C=O) groups excluding carboxylic acids is 4. The molecule has 4 aromatic rings. The molecule has 1 saturated carbocycles. The lowest BCUT2D eigenvalue weighted by Gasteiger charge is -2.50. The van der Waals surface area contributed by atoms with Gasteiger partial charge in [-0.1, -0.05) is 48.0 Å². The Morgan fingerprint density at radius 3 is 2.02 bits per heavy atom. The van der Waals surface area contributed by atoms with Gasteiger partial charge >= 0.3 is 0 Å². The molecule has 2 saturated heterocycles. The molecule has 0 bridgehead atoms. The number of alkyl halides is 2. The molecule has 4 aromatic carbocycles. The molecule has 2 heterocycles. The van der Waals surface area contributed by atoms with Crippen molar-refractivity contribution in [1.29, 1.82) is 0 Å². The third-order valence-corrected chi connectivity index (χ3v) is 11.7. The molecule has 3 fully saturated rings. The minimum Gasteiger partial charge on any atom is -0.508 e. The molecule has 2 aliphatic heterocycles. The lowest BCUT2D eigenvalue weighted by molar-refractivity contribution is -0.125. The number of nitrogens with one attached hydrogen (secondary N) is 1. The van der Waals surface area contributed by atoms with Crippen molar-refractivity contribution in [1.82, 2.24) is 0 Å². The number of allylic oxidation sites excluding steroid dienone is 2. The Morgan fingerprint density at radius 1 is 0.714 bits per heavy atom. The summed E-state index contributed by atoms with van der Waals surface area (Å²) in [7, 11) is 0. The maximum absolute atomic E-state index is 14.4. The van der Waals surface area contributed by atoms with Crippen molar-refractivity contribution >= 4 is 69.6 Å². The predicted octanol–water partition coefficient (Wildman–Crippen LogP) is 7.04. The van der Waals surface area contributed by atoms with Crippen molar-refractivity contribution in [2.75, 3.05) is 15.1 Å². The number of phenolic OH excluding ortho intramolecular Hbond substituents is 1. The molecule has 0 aromatic heterocycles. The Morgan fingerprint density at radius 2 is 1.33 bits per heavy atom. The molecule has 6 atom stereocenters. The van der Waals surface area contributed by atoms with E-state index in [4.69, 9.17) is 23.2 Å². The van der Waals surface area contributed by atoms with Crippen LogP contribution in [-0.2, 0) is 19.2 Å². The number of fused-ring (bicyclic) bond motifs is 4. The van der Waals surface area contributed by atoms with Crippen LogP contribution in [0.2, 0.25) is 0 Å². The van der Waals surface area contributed by atoms with E-state index in [1.54, 1.807) is 42.5 Å². The van der Waals surface area contributed by atoms with E-state index in [0.29, 0.717) is 11.3 Å². The number of imide groups is 2. The van der Waals surface area contributed by atoms with E-state index in [0.717, 1.165) is 28.4 Å². The lowest BCUT2D eigenvalue weighted by Crippen LogP contribution is -2.60. The predicted molar refractivity (Wildman–Crippen MR) is 183 cm³/mol. The molecule has 4 aliphatic rings. The smallest absolute Gasteiger partial charge is 0.258 e. The number of benzene rings is 4. The molecule has 4 amide bonds. The Hall–Kier alpha value is -4.99. The van der Waals surface area contributed by atoms with E-state index in [1.807, 2.05) is 36.4 Å². The topological polar surface area (TPSA) is 107 Å². The molecular formula is C38H28Cl2FN3O5. The number of hydrogen-bond acceptors (Lipinski definition) is 6. The quantitative estimate of drug-likeness (QED) is 0.132. The third-order valence-electron chi connectivity index (χ3n) is 10.3. The van der Waals surface area contributed by atoms with Crippen LogP contribution < -0.4 is 15.1 Å². The van der Waals surface area contributed by atoms with Crippen molar-refractivity contribution < 1.29 is 28.7 Å². The summed E-state index contributed by atoms with van der Waals surface area (Å²) in [6, 6.07) is 27.7. The number of anilines is 4. The first-order valence-electron chi connectivity index (χ1n) is 15.8. The van der Waals surface area contributed by atoms with Crippen LogP contribution in [0.1, 0.15) is 24.3 Å². The molecule has 2 aliphatic carbocycles. The lowest BCUT2D eigenvalue weighted by atomic mass is 9.56. The molecule has 2 N–H and O–H groups in total. The highest BCUT2D eigenvalue weighted by atomic mass is 35.5. The number of halogens is 3. The summed E-state index contributed by atoms with van der Waals surface area (Å²) >= 11 is 14.7. The molecule has 49 heavy (non-hydrogen) atoms. The second-order valence-corrected chi connectivity index (χ2v) is 14.1. The second-order valence-electron chi connectivity index (χ2n) is 12.9. The van der Waals surface area contributed by atoms with Gasteiger partial charge in [-0.15, -0.1) is 23.2 Å². The van der Waals surface area contributed by atoms with Crippen LogP contribution in [0.25, 0.3) is 0 Å². The zero-order valence-corrected chi connectivity index (χ0v) is 27.2. The van der Waals surface area contributed by atoms with E-state index in [1.165, 1.54) is 23.1 Å². The van der Waals surface area contributed by atoms with Crippen molar-refractivity contribution in [3.63, 3.8) is 0 Å². The number of hydrogen-bond donors (Lipinski definition) is 2. The van der Waals surface area contributed by atoms with Gasteiger partial charge in [0.2, 0.25) is 11.8 Å². The van der Waals surface area contributed by atoms with Crippen LogP contribution in [0.4, 0.5) is 27.1 Å². The van der Waals surface area contributed by atoms with Crippen LogP contribution in [0.3, 0.4) is 0 Å².